The average molecular weight is 362 g/mol. The van der Waals surface area contributed by atoms with Crippen LogP contribution in [0.25, 0.3) is 0 Å². The zero-order valence-electron chi connectivity index (χ0n) is 14.3. The number of benzene rings is 2. The third-order valence-electron chi connectivity index (χ3n) is 4.53. The maximum absolute atomic E-state index is 12.6. The van der Waals surface area contributed by atoms with Crippen LogP contribution in [0.4, 0.5) is 13.2 Å². The first-order valence-electron chi connectivity index (χ1n) is 8.62. The second kappa shape index (κ2) is 7.91. The van der Waals surface area contributed by atoms with Crippen LogP contribution in [0.15, 0.2) is 54.6 Å². The van der Waals surface area contributed by atoms with Gasteiger partial charge in [-0.2, -0.15) is 13.2 Å². The Morgan fingerprint density at radius 3 is 2.38 bits per heavy atom. The lowest BCUT2D eigenvalue weighted by Gasteiger charge is -2.17. The van der Waals surface area contributed by atoms with E-state index in [0.29, 0.717) is 5.56 Å². The highest BCUT2D eigenvalue weighted by Gasteiger charge is 2.30. The number of amides is 1. The van der Waals surface area contributed by atoms with Crippen LogP contribution in [0.5, 0.6) is 0 Å². The van der Waals surface area contributed by atoms with Crippen LogP contribution in [-0.4, -0.2) is 29.9 Å². The molecule has 0 saturated carbocycles. The van der Waals surface area contributed by atoms with Crippen molar-refractivity contribution in [2.75, 3.05) is 13.1 Å². The number of alkyl halides is 3. The van der Waals surface area contributed by atoms with Gasteiger partial charge in [-0.05, 0) is 29.7 Å². The molecular formula is C20H21F3N2O. The Balaban J connectivity index is 1.47. The number of rotatable bonds is 5. The molecule has 0 bridgehead atoms. The summed E-state index contributed by atoms with van der Waals surface area (Å²) in [6, 6.07) is 15.0. The average Bonchev–Trinajstić information content (AvgIpc) is 3.02. The first kappa shape index (κ1) is 18.5. The van der Waals surface area contributed by atoms with Crippen LogP contribution >= 0.6 is 0 Å². The molecule has 26 heavy (non-hydrogen) atoms. The summed E-state index contributed by atoms with van der Waals surface area (Å²) >= 11 is 0. The van der Waals surface area contributed by atoms with E-state index in [1.807, 2.05) is 18.2 Å². The van der Waals surface area contributed by atoms with Crippen LogP contribution in [-0.2, 0) is 23.9 Å². The van der Waals surface area contributed by atoms with E-state index in [1.165, 1.54) is 17.7 Å². The lowest BCUT2D eigenvalue weighted by atomic mass is 10.1. The van der Waals surface area contributed by atoms with Gasteiger partial charge in [0.25, 0.3) is 0 Å². The van der Waals surface area contributed by atoms with Gasteiger partial charge in [-0.3, -0.25) is 9.69 Å². The van der Waals surface area contributed by atoms with Crippen molar-refractivity contribution in [2.45, 2.75) is 31.6 Å². The molecule has 1 aliphatic rings. The molecular weight excluding hydrogens is 341 g/mol. The molecule has 0 spiro atoms. The summed E-state index contributed by atoms with van der Waals surface area (Å²) in [5.74, 6) is -0.156. The van der Waals surface area contributed by atoms with E-state index in [0.717, 1.165) is 38.2 Å². The van der Waals surface area contributed by atoms with Gasteiger partial charge in [0.1, 0.15) is 0 Å². The van der Waals surface area contributed by atoms with Crippen molar-refractivity contribution < 1.29 is 18.0 Å². The minimum atomic E-state index is -4.35. The topological polar surface area (TPSA) is 32.3 Å². The number of nitrogens with zero attached hydrogens (tertiary/aromatic N) is 1. The summed E-state index contributed by atoms with van der Waals surface area (Å²) in [5.41, 5.74) is 1.12. The third kappa shape index (κ3) is 5.08. The summed E-state index contributed by atoms with van der Waals surface area (Å²) in [4.78, 5) is 14.5. The van der Waals surface area contributed by atoms with Crippen molar-refractivity contribution in [3.63, 3.8) is 0 Å². The minimum Gasteiger partial charge on any atom is -0.352 e. The molecule has 138 valence electrons. The predicted octanol–water partition coefficient (Wildman–Crippen LogP) is 3.64. The number of halogens is 3. The van der Waals surface area contributed by atoms with Gasteiger partial charge in [0.05, 0.1) is 12.0 Å². The van der Waals surface area contributed by atoms with Crippen molar-refractivity contribution >= 4 is 5.91 Å². The Morgan fingerprint density at radius 2 is 1.73 bits per heavy atom. The normalized spacial score (nSPS) is 18.0. The Labute approximate surface area is 150 Å². The fourth-order valence-corrected chi connectivity index (χ4v) is 3.21. The van der Waals surface area contributed by atoms with Gasteiger partial charge in [0, 0.05) is 25.7 Å². The van der Waals surface area contributed by atoms with Crippen LogP contribution in [0.2, 0.25) is 0 Å². The van der Waals surface area contributed by atoms with Crippen LogP contribution in [0, 0.1) is 0 Å². The Morgan fingerprint density at radius 1 is 1.04 bits per heavy atom. The van der Waals surface area contributed by atoms with Gasteiger partial charge in [0.15, 0.2) is 0 Å². The smallest absolute Gasteiger partial charge is 0.352 e. The first-order chi connectivity index (χ1) is 12.4. The molecule has 1 atom stereocenters. The first-order valence-corrected chi connectivity index (χ1v) is 8.62. The molecule has 3 rings (SSSR count). The fourth-order valence-electron chi connectivity index (χ4n) is 3.21. The molecule has 0 aromatic heterocycles. The second-order valence-corrected chi connectivity index (χ2v) is 6.65. The molecule has 2 aromatic rings. The van der Waals surface area contributed by atoms with Crippen LogP contribution in [0.3, 0.4) is 0 Å². The molecule has 0 radical (unpaired) electrons. The van der Waals surface area contributed by atoms with E-state index in [-0.39, 0.29) is 18.4 Å². The highest BCUT2D eigenvalue weighted by atomic mass is 19.4. The quantitative estimate of drug-likeness (QED) is 0.881. The Bertz CT molecular complexity index is 729. The van der Waals surface area contributed by atoms with Crippen molar-refractivity contribution in [3.05, 3.63) is 71.3 Å². The van der Waals surface area contributed by atoms with E-state index < -0.39 is 11.7 Å². The summed E-state index contributed by atoms with van der Waals surface area (Å²) in [6.45, 7) is 2.56. The number of hydrogen-bond donors (Lipinski definition) is 1. The molecule has 1 N–H and O–H groups in total. The lowest BCUT2D eigenvalue weighted by molar-refractivity contribution is -0.137. The van der Waals surface area contributed by atoms with E-state index in [1.54, 1.807) is 0 Å². The maximum atomic E-state index is 12.6. The predicted molar refractivity (Wildman–Crippen MR) is 93.4 cm³/mol. The third-order valence-corrected chi connectivity index (χ3v) is 4.53. The summed E-state index contributed by atoms with van der Waals surface area (Å²) < 4.78 is 37.7. The molecule has 2 aromatic carbocycles. The lowest BCUT2D eigenvalue weighted by Crippen LogP contribution is -2.37. The highest BCUT2D eigenvalue weighted by Crippen LogP contribution is 2.29. The van der Waals surface area contributed by atoms with Gasteiger partial charge < -0.3 is 5.32 Å². The van der Waals surface area contributed by atoms with Crippen molar-refractivity contribution in [1.29, 1.82) is 0 Å². The van der Waals surface area contributed by atoms with Gasteiger partial charge in [0.2, 0.25) is 5.91 Å². The number of hydrogen-bond acceptors (Lipinski definition) is 2. The maximum Gasteiger partial charge on any atom is 0.416 e. The molecule has 1 amide bonds. The zero-order chi connectivity index (χ0) is 18.6. The number of carbonyl (C=O) groups is 1. The van der Waals surface area contributed by atoms with Gasteiger partial charge in [-0.1, -0.05) is 42.5 Å². The summed E-state index contributed by atoms with van der Waals surface area (Å²) in [7, 11) is 0. The number of likely N-dealkylation sites (tertiary alicyclic amines) is 1. The molecule has 3 nitrogen and oxygen atoms in total. The Hall–Kier alpha value is -2.34. The highest BCUT2D eigenvalue weighted by molar-refractivity contribution is 5.78. The van der Waals surface area contributed by atoms with E-state index >= 15 is 0 Å². The molecule has 0 aliphatic carbocycles. The van der Waals surface area contributed by atoms with Gasteiger partial charge in [-0.25, -0.2) is 0 Å². The molecule has 1 fully saturated rings. The second-order valence-electron chi connectivity index (χ2n) is 6.65. The zero-order valence-corrected chi connectivity index (χ0v) is 14.3. The monoisotopic (exact) mass is 362 g/mol. The minimum absolute atomic E-state index is 0.0839. The molecule has 6 heteroatoms. The largest absolute Gasteiger partial charge is 0.416 e. The van der Waals surface area contributed by atoms with Gasteiger partial charge in [-0.15, -0.1) is 0 Å². The molecule has 1 heterocycles. The standard InChI is InChI=1S/C20H21F3N2O/c21-20(22,23)17-8-6-15(7-9-17)12-19(26)24-18-10-11-25(14-18)13-16-4-2-1-3-5-16/h1-9,18H,10-14H2,(H,24,26)/t18-/m1/s1. The van der Waals surface area contributed by atoms with Crippen LogP contribution < -0.4 is 5.32 Å². The van der Waals surface area contributed by atoms with Crippen molar-refractivity contribution in [3.8, 4) is 0 Å². The fraction of sp³-hybridized carbons (Fsp3) is 0.350. The van der Waals surface area contributed by atoms with E-state index in [9.17, 15) is 18.0 Å². The Kier molecular flexibility index (Phi) is 5.61. The SMILES string of the molecule is O=C(Cc1ccc(C(F)(F)F)cc1)N[C@@H]1CCN(Cc2ccccc2)C1. The number of carbonyl (C=O) groups excluding carboxylic acids is 1. The molecule has 1 saturated heterocycles. The molecule has 0 unspecified atom stereocenters. The van der Waals surface area contributed by atoms with Crippen molar-refractivity contribution in [2.24, 2.45) is 0 Å². The summed E-state index contributed by atoms with van der Waals surface area (Å²) in [5, 5.41) is 2.99. The van der Waals surface area contributed by atoms with E-state index in [2.05, 4.69) is 22.3 Å². The van der Waals surface area contributed by atoms with Crippen LogP contribution in [0.1, 0.15) is 23.1 Å². The van der Waals surface area contributed by atoms with Gasteiger partial charge >= 0.3 is 6.18 Å². The molecule has 1 aliphatic heterocycles. The summed E-state index contributed by atoms with van der Waals surface area (Å²) in [6.07, 6.45) is -3.38. The van der Waals surface area contributed by atoms with Crippen molar-refractivity contribution in [1.82, 2.24) is 10.2 Å². The number of nitrogens with one attached hydrogen (secondary N) is 1. The van der Waals surface area contributed by atoms with E-state index in [4.69, 9.17) is 0 Å².